The molecule has 0 bridgehead atoms. The van der Waals surface area contributed by atoms with E-state index in [9.17, 15) is 22.8 Å². The lowest BCUT2D eigenvalue weighted by Gasteiger charge is -2.13. The number of amides is 2. The van der Waals surface area contributed by atoms with E-state index in [1.165, 1.54) is 29.2 Å². The van der Waals surface area contributed by atoms with E-state index in [-0.39, 0.29) is 17.0 Å². The first kappa shape index (κ1) is 17.8. The summed E-state index contributed by atoms with van der Waals surface area (Å²) in [5, 5.41) is 2.51. The molecule has 0 radical (unpaired) electrons. The number of ether oxygens (including phenoxy) is 1. The molecule has 1 heterocycles. The minimum Gasteiger partial charge on any atom is -0.491 e. The van der Waals surface area contributed by atoms with E-state index in [4.69, 9.17) is 4.74 Å². The molecule has 2 aromatic carbocycles. The van der Waals surface area contributed by atoms with Crippen molar-refractivity contribution < 1.29 is 27.5 Å². The maximum absolute atomic E-state index is 12.8. The molecule has 0 aromatic heterocycles. The van der Waals surface area contributed by atoms with Crippen LogP contribution in [0.1, 0.15) is 26.3 Å². The van der Waals surface area contributed by atoms with Gasteiger partial charge in [-0.05, 0) is 36.4 Å². The van der Waals surface area contributed by atoms with E-state index in [2.05, 4.69) is 5.32 Å². The van der Waals surface area contributed by atoms with Crippen molar-refractivity contribution in [2.75, 3.05) is 25.5 Å². The van der Waals surface area contributed by atoms with Gasteiger partial charge in [-0.1, -0.05) is 6.07 Å². The van der Waals surface area contributed by atoms with E-state index in [0.29, 0.717) is 24.6 Å². The predicted octanol–water partition coefficient (Wildman–Crippen LogP) is 3.42. The second kappa shape index (κ2) is 6.70. The van der Waals surface area contributed by atoms with Gasteiger partial charge < -0.3 is 15.0 Å². The van der Waals surface area contributed by atoms with Crippen LogP contribution in [0.25, 0.3) is 0 Å². The Hall–Kier alpha value is -3.03. The lowest BCUT2D eigenvalue weighted by molar-refractivity contribution is -0.137. The number of carbonyl (C=O) groups excluding carboxylic acids is 2. The van der Waals surface area contributed by atoms with Crippen molar-refractivity contribution in [3.05, 3.63) is 59.2 Å². The molecule has 1 N–H and O–H groups in total. The van der Waals surface area contributed by atoms with Gasteiger partial charge in [-0.2, -0.15) is 13.2 Å². The Morgan fingerprint density at radius 2 is 1.96 bits per heavy atom. The largest absolute Gasteiger partial charge is 0.491 e. The minimum absolute atomic E-state index is 0.130. The fourth-order valence-corrected chi connectivity index (χ4v) is 2.54. The number of likely N-dealkylation sites (N-methyl/N-ethyl adjacent to an activating group) is 1. The van der Waals surface area contributed by atoms with Crippen LogP contribution in [-0.4, -0.2) is 36.9 Å². The maximum Gasteiger partial charge on any atom is 0.416 e. The van der Waals surface area contributed by atoms with Crippen molar-refractivity contribution >= 4 is 17.5 Å². The molecule has 0 saturated heterocycles. The number of hydrogen-bond donors (Lipinski definition) is 1. The van der Waals surface area contributed by atoms with Gasteiger partial charge in [0.1, 0.15) is 12.4 Å². The van der Waals surface area contributed by atoms with Crippen LogP contribution >= 0.6 is 0 Å². The Kier molecular flexibility index (Phi) is 4.58. The number of nitrogens with one attached hydrogen (secondary N) is 1. The summed E-state index contributed by atoms with van der Waals surface area (Å²) < 4.78 is 43.8. The molecule has 2 amide bonds. The van der Waals surface area contributed by atoms with Gasteiger partial charge in [-0.3, -0.25) is 9.59 Å². The molecular weight excluding hydrogens is 349 g/mol. The van der Waals surface area contributed by atoms with E-state index < -0.39 is 17.6 Å². The number of nitrogens with zero attached hydrogens (tertiary/aromatic N) is 1. The summed E-state index contributed by atoms with van der Waals surface area (Å²) >= 11 is 0. The molecule has 2 aromatic rings. The van der Waals surface area contributed by atoms with Crippen LogP contribution in [0.5, 0.6) is 5.75 Å². The molecule has 0 spiro atoms. The predicted molar refractivity (Wildman–Crippen MR) is 88.3 cm³/mol. The third-order valence-electron chi connectivity index (χ3n) is 3.95. The van der Waals surface area contributed by atoms with Gasteiger partial charge >= 0.3 is 6.18 Å². The van der Waals surface area contributed by atoms with Crippen molar-refractivity contribution in [2.45, 2.75) is 6.18 Å². The van der Waals surface area contributed by atoms with E-state index in [1.54, 1.807) is 13.1 Å². The number of rotatable bonds is 2. The molecule has 1 aliphatic heterocycles. The number of benzene rings is 2. The van der Waals surface area contributed by atoms with Crippen molar-refractivity contribution in [3.8, 4) is 5.75 Å². The van der Waals surface area contributed by atoms with Crippen LogP contribution in [-0.2, 0) is 6.18 Å². The van der Waals surface area contributed by atoms with E-state index in [1.807, 2.05) is 0 Å². The highest BCUT2D eigenvalue weighted by Crippen LogP contribution is 2.30. The quantitative estimate of drug-likeness (QED) is 0.888. The molecule has 0 fully saturated rings. The van der Waals surface area contributed by atoms with Gasteiger partial charge in [0.2, 0.25) is 0 Å². The first-order chi connectivity index (χ1) is 12.3. The molecule has 26 heavy (non-hydrogen) atoms. The molecule has 0 unspecified atom stereocenters. The number of fused-ring (bicyclic) bond motifs is 1. The fraction of sp³-hybridized carbons (Fsp3) is 0.222. The molecule has 0 aliphatic carbocycles. The molecule has 136 valence electrons. The summed E-state index contributed by atoms with van der Waals surface area (Å²) in [4.78, 5) is 26.1. The Balaban J connectivity index is 1.85. The first-order valence-electron chi connectivity index (χ1n) is 7.76. The third kappa shape index (κ3) is 3.63. The highest BCUT2D eigenvalue weighted by Gasteiger charge is 2.31. The molecular formula is C18H15F3N2O3. The van der Waals surface area contributed by atoms with Crippen molar-refractivity contribution in [1.82, 2.24) is 4.90 Å². The van der Waals surface area contributed by atoms with Gasteiger partial charge in [0.05, 0.1) is 17.7 Å². The monoisotopic (exact) mass is 364 g/mol. The van der Waals surface area contributed by atoms with Crippen molar-refractivity contribution in [2.24, 2.45) is 0 Å². The lowest BCUT2D eigenvalue weighted by Crippen LogP contribution is -2.27. The van der Waals surface area contributed by atoms with E-state index >= 15 is 0 Å². The van der Waals surface area contributed by atoms with Crippen LogP contribution < -0.4 is 10.1 Å². The summed E-state index contributed by atoms with van der Waals surface area (Å²) in [7, 11) is 1.63. The molecule has 0 atom stereocenters. The smallest absolute Gasteiger partial charge is 0.416 e. The van der Waals surface area contributed by atoms with Crippen LogP contribution in [0, 0.1) is 0 Å². The SMILES string of the molecule is CN1CCOc2ccc(NC(=O)c3cccc(C(F)(F)F)c3)cc2C1=O. The topological polar surface area (TPSA) is 58.6 Å². The summed E-state index contributed by atoms with van der Waals surface area (Å²) in [6.07, 6.45) is -4.53. The maximum atomic E-state index is 12.8. The fourth-order valence-electron chi connectivity index (χ4n) is 2.54. The second-order valence-corrected chi connectivity index (χ2v) is 5.82. The zero-order chi connectivity index (χ0) is 18.9. The normalized spacial score (nSPS) is 14.3. The Bertz CT molecular complexity index is 865. The first-order valence-corrected chi connectivity index (χ1v) is 7.76. The van der Waals surface area contributed by atoms with E-state index in [0.717, 1.165) is 12.1 Å². The zero-order valence-electron chi connectivity index (χ0n) is 13.8. The van der Waals surface area contributed by atoms with Crippen LogP contribution in [0.2, 0.25) is 0 Å². The Morgan fingerprint density at radius 1 is 1.19 bits per heavy atom. The van der Waals surface area contributed by atoms with Gasteiger partial charge in [0.25, 0.3) is 11.8 Å². The minimum atomic E-state index is -4.53. The number of halogens is 3. The summed E-state index contributed by atoms with van der Waals surface area (Å²) in [6.45, 7) is 0.782. The molecule has 8 heteroatoms. The average Bonchev–Trinajstić information content (AvgIpc) is 2.74. The Morgan fingerprint density at radius 3 is 2.69 bits per heavy atom. The summed E-state index contributed by atoms with van der Waals surface area (Å²) in [6, 6.07) is 8.66. The van der Waals surface area contributed by atoms with Gasteiger partial charge in [-0.25, -0.2) is 0 Å². The molecule has 0 saturated carbocycles. The van der Waals surface area contributed by atoms with Crippen LogP contribution in [0.3, 0.4) is 0 Å². The van der Waals surface area contributed by atoms with Crippen LogP contribution in [0.15, 0.2) is 42.5 Å². The van der Waals surface area contributed by atoms with Gasteiger partial charge in [0.15, 0.2) is 0 Å². The number of alkyl halides is 3. The number of carbonyl (C=O) groups is 2. The number of hydrogen-bond acceptors (Lipinski definition) is 3. The second-order valence-electron chi connectivity index (χ2n) is 5.82. The van der Waals surface area contributed by atoms with Gasteiger partial charge in [-0.15, -0.1) is 0 Å². The highest BCUT2D eigenvalue weighted by atomic mass is 19.4. The van der Waals surface area contributed by atoms with Crippen molar-refractivity contribution in [3.63, 3.8) is 0 Å². The van der Waals surface area contributed by atoms with Crippen LogP contribution in [0.4, 0.5) is 18.9 Å². The number of anilines is 1. The third-order valence-corrected chi connectivity index (χ3v) is 3.95. The van der Waals surface area contributed by atoms with Crippen molar-refractivity contribution in [1.29, 1.82) is 0 Å². The highest BCUT2D eigenvalue weighted by molar-refractivity contribution is 6.05. The zero-order valence-corrected chi connectivity index (χ0v) is 13.8. The molecule has 3 rings (SSSR count). The summed E-state index contributed by atoms with van der Waals surface area (Å²) in [5.41, 5.74) is -0.461. The Labute approximate surface area is 147 Å². The molecule has 1 aliphatic rings. The summed E-state index contributed by atoms with van der Waals surface area (Å²) in [5.74, 6) is -0.560. The average molecular weight is 364 g/mol. The standard InChI is InChI=1S/C18H15F3N2O3/c1-23-7-8-26-15-6-5-13(10-14(15)17(23)25)22-16(24)11-3-2-4-12(9-11)18(19,20)21/h2-6,9-10H,7-8H2,1H3,(H,22,24). The van der Waals surface area contributed by atoms with Gasteiger partial charge in [0, 0.05) is 18.3 Å². The lowest BCUT2D eigenvalue weighted by atomic mass is 10.1. The molecule has 5 nitrogen and oxygen atoms in total.